The highest BCUT2D eigenvalue weighted by Crippen LogP contribution is 2.21. The number of hydrogen-bond acceptors (Lipinski definition) is 3. The predicted molar refractivity (Wildman–Crippen MR) is 68.8 cm³/mol. The van der Waals surface area contributed by atoms with Gasteiger partial charge in [-0.1, -0.05) is 36.4 Å². The second-order valence-electron chi connectivity index (χ2n) is 3.80. The molecule has 3 heteroatoms. The molecule has 0 amide bonds. The summed E-state index contributed by atoms with van der Waals surface area (Å²) in [6, 6.07) is 8.91. The van der Waals surface area contributed by atoms with Crippen LogP contribution in [0, 0.1) is 6.92 Å². The lowest BCUT2D eigenvalue weighted by Gasteiger charge is -2.04. The first-order chi connectivity index (χ1) is 7.28. The largest absolute Gasteiger partial charge is 0.335 e. The van der Waals surface area contributed by atoms with Crippen LogP contribution in [0.3, 0.4) is 0 Å². The number of rotatable bonds is 2. The monoisotopic (exact) mass is 220 g/mol. The molecule has 0 radical (unpaired) electrons. The summed E-state index contributed by atoms with van der Waals surface area (Å²) in [6.07, 6.45) is 1.13. The van der Waals surface area contributed by atoms with E-state index in [2.05, 4.69) is 48.4 Å². The van der Waals surface area contributed by atoms with Gasteiger partial charge in [-0.3, -0.25) is 4.99 Å². The molecule has 1 unspecified atom stereocenters. The van der Waals surface area contributed by atoms with Crippen LogP contribution in [0.1, 0.15) is 18.9 Å². The van der Waals surface area contributed by atoms with Gasteiger partial charge >= 0.3 is 0 Å². The molecule has 1 aliphatic rings. The fourth-order valence-electron chi connectivity index (χ4n) is 1.45. The predicted octanol–water partition coefficient (Wildman–Crippen LogP) is 3.29. The summed E-state index contributed by atoms with van der Waals surface area (Å²) in [6.45, 7) is 4.28. The molecule has 0 spiro atoms. The van der Waals surface area contributed by atoms with Crippen LogP contribution in [-0.2, 0) is 0 Å². The summed E-state index contributed by atoms with van der Waals surface area (Å²) in [5, 5.41) is 4.41. The van der Waals surface area contributed by atoms with Crippen LogP contribution in [0.15, 0.2) is 29.3 Å². The maximum Gasteiger partial charge on any atom is 0.161 e. The molecular weight excluding hydrogens is 204 g/mol. The van der Waals surface area contributed by atoms with Gasteiger partial charge in [0.15, 0.2) is 5.17 Å². The van der Waals surface area contributed by atoms with Crippen molar-refractivity contribution >= 4 is 22.6 Å². The third-order valence-electron chi connectivity index (χ3n) is 2.49. The molecule has 1 aliphatic heterocycles. The van der Waals surface area contributed by atoms with Crippen molar-refractivity contribution in [1.29, 1.82) is 0 Å². The van der Waals surface area contributed by atoms with E-state index in [9.17, 15) is 0 Å². The van der Waals surface area contributed by atoms with Crippen LogP contribution in [0.25, 0.3) is 0 Å². The molecular formula is C12H16N2S. The average molecular weight is 220 g/mol. The summed E-state index contributed by atoms with van der Waals surface area (Å²) in [7, 11) is 0. The fourth-order valence-corrected chi connectivity index (χ4v) is 2.53. The molecule has 1 N–H and O–H groups in total. The topological polar surface area (TPSA) is 24.4 Å². The minimum absolute atomic E-state index is 0.503. The highest BCUT2D eigenvalue weighted by molar-refractivity contribution is 8.14. The Hall–Kier alpha value is -0.960. The van der Waals surface area contributed by atoms with Crippen LogP contribution in [0.5, 0.6) is 0 Å². The van der Waals surface area contributed by atoms with Crippen molar-refractivity contribution in [2.24, 2.45) is 4.99 Å². The van der Waals surface area contributed by atoms with Gasteiger partial charge in [-0.25, -0.2) is 0 Å². The lowest BCUT2D eigenvalue weighted by atomic mass is 10.2. The van der Waals surface area contributed by atoms with Crippen LogP contribution < -0.4 is 5.32 Å². The Labute approximate surface area is 95.2 Å². The molecule has 2 rings (SSSR count). The summed E-state index contributed by atoms with van der Waals surface area (Å²) >= 11 is 1.81. The Morgan fingerprint density at radius 2 is 2.13 bits per heavy atom. The molecule has 0 saturated carbocycles. The van der Waals surface area contributed by atoms with E-state index < -0.39 is 0 Å². The zero-order valence-corrected chi connectivity index (χ0v) is 9.97. The maximum absolute atomic E-state index is 4.59. The van der Waals surface area contributed by atoms with E-state index in [4.69, 9.17) is 0 Å². The molecule has 0 bridgehead atoms. The van der Waals surface area contributed by atoms with E-state index in [1.54, 1.807) is 0 Å². The van der Waals surface area contributed by atoms with Gasteiger partial charge in [-0.05, 0) is 25.5 Å². The first-order valence-corrected chi connectivity index (χ1v) is 6.31. The van der Waals surface area contributed by atoms with Crippen molar-refractivity contribution in [2.75, 3.05) is 11.1 Å². The molecule has 0 fully saturated rings. The molecule has 0 saturated heterocycles. The Bertz CT molecular complexity index is 356. The fraction of sp³-hybridized carbons (Fsp3) is 0.417. The van der Waals surface area contributed by atoms with Gasteiger partial charge in [0.1, 0.15) is 0 Å². The molecule has 0 aromatic heterocycles. The summed E-state index contributed by atoms with van der Waals surface area (Å²) in [4.78, 5) is 4.59. The van der Waals surface area contributed by atoms with Crippen molar-refractivity contribution in [3.05, 3.63) is 29.8 Å². The maximum atomic E-state index is 4.59. The Morgan fingerprint density at radius 3 is 2.73 bits per heavy atom. The smallest absolute Gasteiger partial charge is 0.161 e. The first-order valence-electron chi connectivity index (χ1n) is 5.32. The van der Waals surface area contributed by atoms with Crippen LogP contribution in [0.2, 0.25) is 0 Å². The number of aryl methyl sites for hydroxylation is 1. The third-order valence-corrected chi connectivity index (χ3v) is 3.52. The minimum atomic E-state index is 0.503. The van der Waals surface area contributed by atoms with Gasteiger partial charge in [0.2, 0.25) is 0 Å². The van der Waals surface area contributed by atoms with Gasteiger partial charge in [0.25, 0.3) is 0 Å². The number of aliphatic imine (C=N–C) groups is 1. The molecule has 2 nitrogen and oxygen atoms in total. The van der Waals surface area contributed by atoms with E-state index >= 15 is 0 Å². The number of nitrogens with zero attached hydrogens (tertiary/aromatic N) is 1. The number of anilines is 1. The van der Waals surface area contributed by atoms with Crippen molar-refractivity contribution in [3.63, 3.8) is 0 Å². The number of benzene rings is 1. The second-order valence-corrected chi connectivity index (χ2v) is 4.81. The summed E-state index contributed by atoms with van der Waals surface area (Å²) in [5.41, 5.74) is 2.41. The summed E-state index contributed by atoms with van der Waals surface area (Å²) in [5.74, 6) is 1.12. The average Bonchev–Trinajstić information content (AvgIpc) is 2.69. The van der Waals surface area contributed by atoms with Gasteiger partial charge in [-0.15, -0.1) is 0 Å². The van der Waals surface area contributed by atoms with E-state index in [-0.39, 0.29) is 0 Å². The quantitative estimate of drug-likeness (QED) is 0.827. The van der Waals surface area contributed by atoms with Gasteiger partial charge in [0.05, 0.1) is 6.04 Å². The molecule has 1 aromatic carbocycles. The van der Waals surface area contributed by atoms with Crippen molar-refractivity contribution < 1.29 is 0 Å². The van der Waals surface area contributed by atoms with E-state index in [1.807, 2.05) is 11.8 Å². The van der Waals surface area contributed by atoms with Crippen molar-refractivity contribution in [2.45, 2.75) is 26.3 Å². The normalized spacial score (nSPS) is 20.1. The van der Waals surface area contributed by atoms with Crippen molar-refractivity contribution in [3.8, 4) is 0 Å². The zero-order chi connectivity index (χ0) is 10.7. The zero-order valence-electron chi connectivity index (χ0n) is 9.16. The van der Waals surface area contributed by atoms with Crippen LogP contribution in [0.4, 0.5) is 5.69 Å². The Balaban J connectivity index is 2.00. The van der Waals surface area contributed by atoms with Gasteiger partial charge in [0, 0.05) is 11.4 Å². The van der Waals surface area contributed by atoms with Crippen LogP contribution >= 0.6 is 11.8 Å². The standard InChI is InChI=1S/C12H16N2S/c1-3-10-8-15-12(13-10)14-11-6-4-9(2)5-7-11/h4-7,10H,3,8H2,1-2H3,(H,13,14). The number of hydrogen-bond donors (Lipinski definition) is 1. The molecule has 80 valence electrons. The molecule has 1 atom stereocenters. The van der Waals surface area contributed by atoms with Crippen LogP contribution in [-0.4, -0.2) is 17.0 Å². The highest BCUT2D eigenvalue weighted by Gasteiger charge is 2.15. The lowest BCUT2D eigenvalue weighted by Crippen LogP contribution is -2.05. The molecule has 1 aromatic rings. The van der Waals surface area contributed by atoms with Gasteiger partial charge in [-0.2, -0.15) is 0 Å². The summed E-state index contributed by atoms with van der Waals surface area (Å²) < 4.78 is 0. The number of thioether (sulfide) groups is 1. The lowest BCUT2D eigenvalue weighted by molar-refractivity contribution is 0.738. The SMILES string of the molecule is CCC1CSC(Nc2ccc(C)cc2)=N1. The van der Waals surface area contributed by atoms with E-state index in [0.29, 0.717) is 6.04 Å². The highest BCUT2D eigenvalue weighted by atomic mass is 32.2. The molecule has 15 heavy (non-hydrogen) atoms. The number of nitrogens with one attached hydrogen (secondary N) is 1. The second kappa shape index (κ2) is 4.71. The van der Waals surface area contributed by atoms with Crippen molar-refractivity contribution in [1.82, 2.24) is 0 Å². The number of amidine groups is 1. The first kappa shape index (κ1) is 10.6. The van der Waals surface area contributed by atoms with E-state index in [1.165, 1.54) is 5.56 Å². The van der Waals surface area contributed by atoms with Gasteiger partial charge < -0.3 is 5.32 Å². The van der Waals surface area contributed by atoms with E-state index in [0.717, 1.165) is 23.0 Å². The Morgan fingerprint density at radius 1 is 1.40 bits per heavy atom. The molecule has 1 heterocycles. The third kappa shape index (κ3) is 2.75. The Kier molecular flexibility index (Phi) is 3.31. The molecule has 0 aliphatic carbocycles. The minimum Gasteiger partial charge on any atom is -0.335 e.